The lowest BCUT2D eigenvalue weighted by Gasteiger charge is -2.25. The molecule has 1 saturated heterocycles. The number of rotatable bonds is 5. The van der Waals surface area contributed by atoms with Crippen molar-refractivity contribution < 1.29 is 9.53 Å². The molecule has 1 aliphatic rings. The zero-order chi connectivity index (χ0) is 15.4. The normalized spacial score (nSPS) is 17.7. The summed E-state index contributed by atoms with van der Waals surface area (Å²) in [6, 6.07) is 8.14. The Balaban J connectivity index is 1.68. The Hall–Kier alpha value is -2.37. The molecule has 2 heterocycles. The van der Waals surface area contributed by atoms with Crippen LogP contribution in [0.1, 0.15) is 30.9 Å². The number of amides is 1. The molecule has 6 nitrogen and oxygen atoms in total. The average Bonchev–Trinajstić information content (AvgIpc) is 3.24. The summed E-state index contributed by atoms with van der Waals surface area (Å²) in [5.41, 5.74) is 1.14. The number of nitrogens with zero attached hydrogens (tertiary/aromatic N) is 4. The van der Waals surface area contributed by atoms with Crippen LogP contribution in [0.25, 0.3) is 0 Å². The van der Waals surface area contributed by atoms with Gasteiger partial charge in [0.15, 0.2) is 0 Å². The molecule has 1 fully saturated rings. The van der Waals surface area contributed by atoms with E-state index in [0.29, 0.717) is 13.0 Å². The minimum atomic E-state index is 0.151. The second-order valence-electron chi connectivity index (χ2n) is 5.43. The second-order valence-corrected chi connectivity index (χ2v) is 5.43. The molecule has 1 atom stereocenters. The van der Waals surface area contributed by atoms with Gasteiger partial charge in [0, 0.05) is 13.0 Å². The van der Waals surface area contributed by atoms with Crippen LogP contribution in [0.15, 0.2) is 36.9 Å². The highest BCUT2D eigenvalue weighted by atomic mass is 16.5. The number of aryl methyl sites for hydroxylation is 1. The lowest BCUT2D eigenvalue weighted by molar-refractivity contribution is -0.132. The van der Waals surface area contributed by atoms with E-state index in [9.17, 15) is 4.79 Å². The molecule has 0 aliphatic carbocycles. The van der Waals surface area contributed by atoms with Crippen molar-refractivity contribution in [3.63, 3.8) is 0 Å². The summed E-state index contributed by atoms with van der Waals surface area (Å²) in [7, 11) is 1.66. The Morgan fingerprint density at radius 1 is 1.45 bits per heavy atom. The van der Waals surface area contributed by atoms with E-state index < -0.39 is 0 Å². The molecule has 0 bridgehead atoms. The van der Waals surface area contributed by atoms with Gasteiger partial charge in [-0.05, 0) is 30.5 Å². The van der Waals surface area contributed by atoms with Crippen molar-refractivity contribution in [1.29, 1.82) is 0 Å². The van der Waals surface area contributed by atoms with E-state index >= 15 is 0 Å². The van der Waals surface area contributed by atoms with Gasteiger partial charge >= 0.3 is 0 Å². The first-order chi connectivity index (χ1) is 10.8. The van der Waals surface area contributed by atoms with Gasteiger partial charge in [-0.2, -0.15) is 5.10 Å². The number of ether oxygens (including phenoxy) is 1. The van der Waals surface area contributed by atoms with E-state index in [4.69, 9.17) is 4.74 Å². The van der Waals surface area contributed by atoms with Gasteiger partial charge in [0.2, 0.25) is 5.91 Å². The lowest BCUT2D eigenvalue weighted by Crippen LogP contribution is -2.31. The van der Waals surface area contributed by atoms with Crippen LogP contribution in [0.3, 0.4) is 0 Å². The van der Waals surface area contributed by atoms with E-state index in [1.807, 2.05) is 23.1 Å². The van der Waals surface area contributed by atoms with Crippen LogP contribution in [0.5, 0.6) is 5.75 Å². The van der Waals surface area contributed by atoms with Crippen molar-refractivity contribution in [2.24, 2.45) is 0 Å². The molecule has 0 radical (unpaired) electrons. The molecule has 1 unspecified atom stereocenters. The maximum atomic E-state index is 12.5. The van der Waals surface area contributed by atoms with Crippen molar-refractivity contribution in [1.82, 2.24) is 19.7 Å². The third kappa shape index (κ3) is 3.10. The summed E-state index contributed by atoms with van der Waals surface area (Å²) < 4.78 is 6.97. The first-order valence-electron chi connectivity index (χ1n) is 7.54. The van der Waals surface area contributed by atoms with Gasteiger partial charge in [-0.1, -0.05) is 12.1 Å². The van der Waals surface area contributed by atoms with Gasteiger partial charge in [-0.25, -0.2) is 4.98 Å². The molecule has 0 saturated carbocycles. The van der Waals surface area contributed by atoms with Gasteiger partial charge in [0.25, 0.3) is 0 Å². The van der Waals surface area contributed by atoms with Crippen LogP contribution in [-0.2, 0) is 11.3 Å². The summed E-state index contributed by atoms with van der Waals surface area (Å²) >= 11 is 0. The van der Waals surface area contributed by atoms with Crippen molar-refractivity contribution in [2.45, 2.75) is 31.8 Å². The minimum Gasteiger partial charge on any atom is -0.497 e. The van der Waals surface area contributed by atoms with Crippen molar-refractivity contribution in [3.8, 4) is 5.75 Å². The largest absolute Gasteiger partial charge is 0.497 e. The molecular weight excluding hydrogens is 280 g/mol. The molecule has 1 aliphatic heterocycles. The Morgan fingerprint density at radius 2 is 2.36 bits per heavy atom. The smallest absolute Gasteiger partial charge is 0.224 e. The molecule has 116 valence electrons. The molecule has 1 aromatic carbocycles. The lowest BCUT2D eigenvalue weighted by atomic mass is 10.0. The van der Waals surface area contributed by atoms with Crippen LogP contribution in [0.4, 0.5) is 0 Å². The van der Waals surface area contributed by atoms with Gasteiger partial charge in [-0.3, -0.25) is 9.48 Å². The average molecular weight is 300 g/mol. The molecule has 2 aromatic rings. The fraction of sp³-hybridized carbons (Fsp3) is 0.438. The highest BCUT2D eigenvalue weighted by molar-refractivity contribution is 5.77. The van der Waals surface area contributed by atoms with Crippen molar-refractivity contribution in [3.05, 3.63) is 42.5 Å². The molecule has 1 aromatic heterocycles. The van der Waals surface area contributed by atoms with E-state index in [0.717, 1.165) is 30.7 Å². The molecule has 0 N–H and O–H groups in total. The Bertz CT molecular complexity index is 627. The summed E-state index contributed by atoms with van der Waals surface area (Å²) in [6.45, 7) is 1.39. The first-order valence-corrected chi connectivity index (χ1v) is 7.54. The number of carbonyl (C=O) groups excluding carboxylic acids is 1. The number of likely N-dealkylation sites (tertiary alicyclic amines) is 1. The first kappa shape index (κ1) is 14.6. The van der Waals surface area contributed by atoms with Crippen LogP contribution >= 0.6 is 0 Å². The molecule has 3 rings (SSSR count). The van der Waals surface area contributed by atoms with Gasteiger partial charge in [0.1, 0.15) is 18.4 Å². The number of methoxy groups -OCH3 is 1. The molecule has 22 heavy (non-hydrogen) atoms. The third-order valence-corrected chi connectivity index (χ3v) is 4.07. The minimum absolute atomic E-state index is 0.151. The van der Waals surface area contributed by atoms with Gasteiger partial charge < -0.3 is 9.64 Å². The topological polar surface area (TPSA) is 60.2 Å². The highest BCUT2D eigenvalue weighted by Gasteiger charge is 2.29. The van der Waals surface area contributed by atoms with E-state index in [2.05, 4.69) is 16.1 Å². The summed E-state index contributed by atoms with van der Waals surface area (Å²) in [6.07, 6.45) is 5.61. The van der Waals surface area contributed by atoms with Crippen molar-refractivity contribution >= 4 is 5.91 Å². The Kier molecular flexibility index (Phi) is 4.37. The predicted molar refractivity (Wildman–Crippen MR) is 81.3 cm³/mol. The third-order valence-electron chi connectivity index (χ3n) is 4.07. The maximum Gasteiger partial charge on any atom is 0.224 e. The number of aromatic nitrogens is 3. The second kappa shape index (κ2) is 6.60. The van der Waals surface area contributed by atoms with Crippen LogP contribution in [-0.4, -0.2) is 39.2 Å². The Labute approximate surface area is 129 Å². The predicted octanol–water partition coefficient (Wildman–Crippen LogP) is 2.04. The van der Waals surface area contributed by atoms with Crippen LogP contribution in [0, 0.1) is 0 Å². The van der Waals surface area contributed by atoms with Crippen molar-refractivity contribution in [2.75, 3.05) is 13.7 Å². The van der Waals surface area contributed by atoms with E-state index in [1.54, 1.807) is 18.1 Å². The fourth-order valence-electron chi connectivity index (χ4n) is 2.96. The van der Waals surface area contributed by atoms with Gasteiger partial charge in [0.05, 0.1) is 19.7 Å². The number of carbonyl (C=O) groups is 1. The Morgan fingerprint density at radius 3 is 3.14 bits per heavy atom. The van der Waals surface area contributed by atoms with Crippen LogP contribution in [0.2, 0.25) is 0 Å². The number of hydrogen-bond acceptors (Lipinski definition) is 4. The molecule has 1 amide bonds. The summed E-state index contributed by atoms with van der Waals surface area (Å²) in [5.74, 6) is 1.00. The number of benzene rings is 1. The fourth-order valence-corrected chi connectivity index (χ4v) is 2.96. The standard InChI is InChI=1S/C16H20N4O2/c1-22-14-5-2-4-13(10-14)15-6-3-8-20(15)16(21)7-9-19-12-17-11-18-19/h2,4-5,10-12,15H,3,6-9H2,1H3. The van der Waals surface area contributed by atoms with Crippen LogP contribution < -0.4 is 4.74 Å². The molecule has 6 heteroatoms. The molecular formula is C16H20N4O2. The summed E-state index contributed by atoms with van der Waals surface area (Å²) in [5, 5.41) is 4.03. The maximum absolute atomic E-state index is 12.5. The van der Waals surface area contributed by atoms with E-state index in [1.165, 1.54) is 6.33 Å². The summed E-state index contributed by atoms with van der Waals surface area (Å²) in [4.78, 5) is 18.4. The molecule has 0 spiro atoms. The zero-order valence-electron chi connectivity index (χ0n) is 12.7. The quantitative estimate of drug-likeness (QED) is 0.848. The highest BCUT2D eigenvalue weighted by Crippen LogP contribution is 2.33. The zero-order valence-corrected chi connectivity index (χ0v) is 12.7. The van der Waals surface area contributed by atoms with Gasteiger partial charge in [-0.15, -0.1) is 0 Å². The monoisotopic (exact) mass is 300 g/mol. The van der Waals surface area contributed by atoms with E-state index in [-0.39, 0.29) is 11.9 Å². The number of hydrogen-bond donors (Lipinski definition) is 0. The SMILES string of the molecule is COc1cccc(C2CCCN2C(=O)CCn2cncn2)c1.